The fourth-order valence-electron chi connectivity index (χ4n) is 2.00. The second-order valence-electron chi connectivity index (χ2n) is 4.65. The van der Waals surface area contributed by atoms with Crippen LogP contribution >= 0.6 is 11.6 Å². The van der Waals surface area contributed by atoms with E-state index in [2.05, 4.69) is 0 Å². The quantitative estimate of drug-likeness (QED) is 0.473. The highest BCUT2D eigenvalue weighted by molar-refractivity contribution is 6.21. The third-order valence-electron chi connectivity index (χ3n) is 3.16. The molecule has 1 atom stereocenters. The third-order valence-corrected chi connectivity index (χ3v) is 3.55. The topological polar surface area (TPSA) is 46.4 Å². The minimum Gasteiger partial charge on any atom is -0.373 e. The summed E-state index contributed by atoms with van der Waals surface area (Å²) in [6, 6.07) is 13.4. The molecule has 2 rings (SSSR count). The molecule has 21 heavy (non-hydrogen) atoms. The summed E-state index contributed by atoms with van der Waals surface area (Å²) in [6.07, 6.45) is 0. The predicted molar refractivity (Wildman–Crippen MR) is 81.4 cm³/mol. The zero-order valence-corrected chi connectivity index (χ0v) is 12.1. The first-order valence-electron chi connectivity index (χ1n) is 6.33. The number of hydrogen-bond acceptors (Lipinski definition) is 3. The number of nitrogens with zero attached hydrogens (tertiary/aromatic N) is 2. The van der Waals surface area contributed by atoms with Gasteiger partial charge in [-0.1, -0.05) is 24.3 Å². The molecule has 0 spiro atoms. The molecule has 0 radical (unpaired) electrons. The summed E-state index contributed by atoms with van der Waals surface area (Å²) >= 11 is 6.29. The van der Waals surface area contributed by atoms with Crippen LogP contribution in [0.1, 0.15) is 10.9 Å². The molecule has 0 aliphatic heterocycles. The van der Waals surface area contributed by atoms with Gasteiger partial charge in [-0.3, -0.25) is 10.1 Å². The number of nitro benzene ring substituents is 1. The number of halogens is 2. The van der Waals surface area contributed by atoms with E-state index in [0.29, 0.717) is 12.1 Å². The van der Waals surface area contributed by atoms with Crippen molar-refractivity contribution in [2.45, 2.75) is 5.38 Å². The van der Waals surface area contributed by atoms with Crippen molar-refractivity contribution in [1.82, 2.24) is 0 Å². The van der Waals surface area contributed by atoms with E-state index in [4.69, 9.17) is 11.6 Å². The molecule has 0 aliphatic carbocycles. The van der Waals surface area contributed by atoms with Gasteiger partial charge in [-0.25, -0.2) is 0 Å². The van der Waals surface area contributed by atoms with Crippen LogP contribution in [0.5, 0.6) is 0 Å². The molecule has 0 saturated heterocycles. The number of rotatable bonds is 5. The van der Waals surface area contributed by atoms with Crippen LogP contribution in [-0.2, 0) is 0 Å². The summed E-state index contributed by atoms with van der Waals surface area (Å²) in [5, 5.41) is 10.3. The van der Waals surface area contributed by atoms with Gasteiger partial charge in [-0.2, -0.15) is 4.39 Å². The molecule has 0 heterocycles. The lowest BCUT2D eigenvalue weighted by atomic mass is 10.1. The zero-order chi connectivity index (χ0) is 15.4. The Bertz CT molecular complexity index is 637. The van der Waals surface area contributed by atoms with Crippen molar-refractivity contribution in [1.29, 1.82) is 0 Å². The van der Waals surface area contributed by atoms with Gasteiger partial charge in [-0.05, 0) is 23.8 Å². The second-order valence-corrected chi connectivity index (χ2v) is 5.18. The van der Waals surface area contributed by atoms with E-state index in [1.807, 2.05) is 42.3 Å². The lowest BCUT2D eigenvalue weighted by molar-refractivity contribution is -0.387. The van der Waals surface area contributed by atoms with Crippen LogP contribution in [0.4, 0.5) is 15.8 Å². The number of alkyl halides is 1. The average Bonchev–Trinajstić information content (AvgIpc) is 2.48. The number of nitro groups is 1. The maximum atomic E-state index is 13.3. The van der Waals surface area contributed by atoms with Crippen molar-refractivity contribution in [2.24, 2.45) is 0 Å². The fraction of sp³-hybridized carbons (Fsp3) is 0.200. The fourth-order valence-corrected chi connectivity index (χ4v) is 2.34. The normalized spacial score (nSPS) is 12.0. The summed E-state index contributed by atoms with van der Waals surface area (Å²) in [7, 11) is 1.88. The summed E-state index contributed by atoms with van der Waals surface area (Å²) in [4.78, 5) is 11.9. The lowest BCUT2D eigenvalue weighted by Crippen LogP contribution is -2.21. The molecule has 0 N–H and O–H groups in total. The maximum absolute atomic E-state index is 13.3. The van der Waals surface area contributed by atoms with Gasteiger partial charge in [0.1, 0.15) is 0 Å². The van der Waals surface area contributed by atoms with Gasteiger partial charge in [0.15, 0.2) is 0 Å². The smallest absolute Gasteiger partial charge is 0.305 e. The van der Waals surface area contributed by atoms with Gasteiger partial charge < -0.3 is 4.90 Å². The van der Waals surface area contributed by atoms with Crippen molar-refractivity contribution in [2.75, 3.05) is 18.5 Å². The van der Waals surface area contributed by atoms with Crippen molar-refractivity contribution < 1.29 is 9.31 Å². The molecular weight excluding hydrogens is 295 g/mol. The van der Waals surface area contributed by atoms with Crippen LogP contribution in [0.25, 0.3) is 0 Å². The molecule has 0 aliphatic rings. The van der Waals surface area contributed by atoms with Crippen LogP contribution < -0.4 is 4.90 Å². The Balaban J connectivity index is 2.15. The molecule has 0 saturated carbocycles. The van der Waals surface area contributed by atoms with Crippen LogP contribution in [-0.4, -0.2) is 18.5 Å². The van der Waals surface area contributed by atoms with E-state index >= 15 is 0 Å². The molecule has 0 amide bonds. The Morgan fingerprint density at radius 2 is 1.95 bits per heavy atom. The molecule has 2 aromatic rings. The minimum atomic E-state index is -0.857. The van der Waals surface area contributed by atoms with E-state index in [0.717, 1.165) is 11.8 Å². The van der Waals surface area contributed by atoms with Crippen LogP contribution in [0.15, 0.2) is 48.5 Å². The first-order valence-corrected chi connectivity index (χ1v) is 6.77. The molecule has 0 bridgehead atoms. The molecular formula is C15H14ClFN2O2. The number of likely N-dealkylation sites (N-methyl/N-ethyl adjacent to an activating group) is 1. The van der Waals surface area contributed by atoms with Crippen LogP contribution in [0.2, 0.25) is 0 Å². The van der Waals surface area contributed by atoms with Crippen molar-refractivity contribution in [3.05, 3.63) is 70.0 Å². The number of hydrogen-bond donors (Lipinski definition) is 0. The number of para-hydroxylation sites is 1. The second kappa shape index (κ2) is 6.54. The molecule has 6 heteroatoms. The predicted octanol–water partition coefficient (Wildman–Crippen LogP) is 4.15. The van der Waals surface area contributed by atoms with Crippen molar-refractivity contribution in [3.63, 3.8) is 0 Å². The summed E-state index contributed by atoms with van der Waals surface area (Å²) < 4.78 is 13.3. The Kier molecular flexibility index (Phi) is 4.75. The van der Waals surface area contributed by atoms with E-state index in [-0.39, 0.29) is 0 Å². The molecule has 0 fully saturated rings. The van der Waals surface area contributed by atoms with Gasteiger partial charge in [0.2, 0.25) is 5.82 Å². The molecule has 2 aromatic carbocycles. The van der Waals surface area contributed by atoms with Crippen molar-refractivity contribution >= 4 is 23.0 Å². The van der Waals surface area contributed by atoms with E-state index < -0.39 is 21.8 Å². The highest BCUT2D eigenvalue weighted by atomic mass is 35.5. The standard InChI is InChI=1S/C15H14ClFN2O2/c1-18(12-5-3-2-4-6-12)10-13(16)11-7-8-14(17)15(9-11)19(20)21/h2-9,13H,10H2,1H3. The maximum Gasteiger partial charge on any atom is 0.305 e. The van der Waals surface area contributed by atoms with E-state index in [1.165, 1.54) is 12.1 Å². The third kappa shape index (κ3) is 3.70. The Morgan fingerprint density at radius 1 is 1.29 bits per heavy atom. The van der Waals surface area contributed by atoms with Gasteiger partial charge >= 0.3 is 5.69 Å². The zero-order valence-electron chi connectivity index (χ0n) is 11.4. The summed E-state index contributed by atoms with van der Waals surface area (Å²) in [5.41, 5.74) is 0.952. The monoisotopic (exact) mass is 308 g/mol. The van der Waals surface area contributed by atoms with Crippen LogP contribution in [0, 0.1) is 15.9 Å². The highest BCUT2D eigenvalue weighted by Gasteiger charge is 2.19. The molecule has 1 unspecified atom stereocenters. The van der Waals surface area contributed by atoms with Gasteiger partial charge in [-0.15, -0.1) is 11.6 Å². The van der Waals surface area contributed by atoms with Crippen molar-refractivity contribution in [3.8, 4) is 0 Å². The van der Waals surface area contributed by atoms with Gasteiger partial charge in [0.25, 0.3) is 0 Å². The van der Waals surface area contributed by atoms with Gasteiger partial charge in [0.05, 0.1) is 10.3 Å². The minimum absolute atomic E-state index is 0.453. The van der Waals surface area contributed by atoms with Crippen LogP contribution in [0.3, 0.4) is 0 Å². The Hall–Kier alpha value is -2.14. The lowest BCUT2D eigenvalue weighted by Gasteiger charge is -2.22. The van der Waals surface area contributed by atoms with E-state index in [1.54, 1.807) is 0 Å². The molecule has 110 valence electrons. The summed E-state index contributed by atoms with van der Waals surface area (Å²) in [6.45, 7) is 0.453. The number of benzene rings is 2. The largest absolute Gasteiger partial charge is 0.373 e. The molecule has 0 aromatic heterocycles. The SMILES string of the molecule is CN(CC(Cl)c1ccc(F)c([N+](=O)[O-])c1)c1ccccc1. The Morgan fingerprint density at radius 3 is 2.57 bits per heavy atom. The first-order chi connectivity index (χ1) is 9.99. The first kappa shape index (κ1) is 15.3. The molecule has 4 nitrogen and oxygen atoms in total. The highest BCUT2D eigenvalue weighted by Crippen LogP contribution is 2.28. The Labute approximate surface area is 126 Å². The average molecular weight is 309 g/mol. The summed E-state index contributed by atoms with van der Waals surface area (Å²) in [5.74, 6) is -0.857. The van der Waals surface area contributed by atoms with Gasteiger partial charge in [0, 0.05) is 25.3 Å². The number of anilines is 1. The van der Waals surface area contributed by atoms with E-state index in [9.17, 15) is 14.5 Å².